The first-order valence-electron chi connectivity index (χ1n) is 13.9. The number of hydrogen-bond donors (Lipinski definition) is 1. The molecule has 0 aliphatic carbocycles. The van der Waals surface area contributed by atoms with Gasteiger partial charge in [0.15, 0.2) is 11.0 Å². The second kappa shape index (κ2) is 13.1. The molecule has 0 saturated carbocycles. The zero-order valence-corrected chi connectivity index (χ0v) is 25.2. The lowest BCUT2D eigenvalue weighted by Crippen LogP contribution is -2.33. The van der Waals surface area contributed by atoms with Gasteiger partial charge in [-0.2, -0.15) is 4.99 Å². The van der Waals surface area contributed by atoms with Crippen LogP contribution >= 0.6 is 11.8 Å². The highest BCUT2D eigenvalue weighted by atomic mass is 32.2. The first-order chi connectivity index (χ1) is 21.4. The number of benzene rings is 3. The zero-order valence-electron chi connectivity index (χ0n) is 24.4. The monoisotopic (exact) mass is 640 g/mol. The van der Waals surface area contributed by atoms with Crippen LogP contribution in [0.15, 0.2) is 78.0 Å². The lowest BCUT2D eigenvalue weighted by Gasteiger charge is -2.22. The summed E-state index contributed by atoms with van der Waals surface area (Å²) in [5.41, 5.74) is 2.52. The van der Waals surface area contributed by atoms with Crippen molar-refractivity contribution in [2.45, 2.75) is 45.0 Å². The van der Waals surface area contributed by atoms with E-state index in [0.29, 0.717) is 40.9 Å². The molecule has 1 unspecified atom stereocenters. The van der Waals surface area contributed by atoms with E-state index in [0.717, 1.165) is 16.7 Å². The number of amidine groups is 1. The van der Waals surface area contributed by atoms with Crippen molar-refractivity contribution in [3.05, 3.63) is 89.7 Å². The second-order valence-corrected chi connectivity index (χ2v) is 11.5. The number of aryl methyl sites for hydroxylation is 1. The number of hydrogen-bond acceptors (Lipinski definition) is 6. The van der Waals surface area contributed by atoms with E-state index in [2.05, 4.69) is 25.1 Å². The summed E-state index contributed by atoms with van der Waals surface area (Å²) in [5.74, 6) is -0.634. The van der Waals surface area contributed by atoms with Crippen LogP contribution in [0.4, 0.5) is 28.0 Å². The molecule has 9 nitrogen and oxygen atoms in total. The van der Waals surface area contributed by atoms with E-state index in [1.807, 2.05) is 57.2 Å². The highest BCUT2D eigenvalue weighted by Crippen LogP contribution is 2.37. The Morgan fingerprint density at radius 2 is 1.80 bits per heavy atom. The van der Waals surface area contributed by atoms with Crippen molar-refractivity contribution in [2.24, 2.45) is 4.99 Å². The van der Waals surface area contributed by atoms with E-state index >= 15 is 0 Å². The van der Waals surface area contributed by atoms with Crippen LogP contribution in [-0.4, -0.2) is 50.3 Å². The lowest BCUT2D eigenvalue weighted by molar-refractivity contribution is -0.274. The number of aliphatic imine (C=N–C) groups is 1. The Kier molecular flexibility index (Phi) is 9.23. The minimum absolute atomic E-state index is 0.0145. The average molecular weight is 641 g/mol. The molecule has 0 bridgehead atoms. The van der Waals surface area contributed by atoms with Crippen molar-refractivity contribution in [3.63, 3.8) is 0 Å². The van der Waals surface area contributed by atoms with Gasteiger partial charge in [0.05, 0.1) is 11.4 Å². The van der Waals surface area contributed by atoms with E-state index in [1.165, 1.54) is 40.2 Å². The molecule has 4 aromatic rings. The number of alkyl halides is 4. The normalized spacial score (nSPS) is 16.1. The van der Waals surface area contributed by atoms with Crippen molar-refractivity contribution in [2.75, 3.05) is 11.4 Å². The molecule has 45 heavy (non-hydrogen) atoms. The number of ether oxygens (including phenoxy) is 1. The standard InChI is InChI=1S/C31H28F4N6O3S/c1-18(2)24-13-4-19(3)16-25(24)41-28(42)26(32)45-30(41)38-29(43)36-15-14-20-5-7-21(8-6-20)27-37-17-40(39-27)22-9-11-23(12-10-22)44-31(33,34)35/h4-13,16-18,26H,14-15H2,1-3H3,(H,36,43). The summed E-state index contributed by atoms with van der Waals surface area (Å²) < 4.78 is 57.0. The number of carbonyl (C=O) groups excluding carboxylic acids is 2. The minimum atomic E-state index is -4.77. The summed E-state index contributed by atoms with van der Waals surface area (Å²) in [4.78, 5) is 34.8. The molecule has 2 heterocycles. The summed E-state index contributed by atoms with van der Waals surface area (Å²) in [6, 6.07) is 17.5. The fourth-order valence-corrected chi connectivity index (χ4v) is 5.43. The van der Waals surface area contributed by atoms with Gasteiger partial charge in [0.2, 0.25) is 5.50 Å². The highest BCUT2D eigenvalue weighted by Gasteiger charge is 2.41. The lowest BCUT2D eigenvalue weighted by atomic mass is 9.99. The van der Waals surface area contributed by atoms with Crippen molar-refractivity contribution >= 4 is 34.6 Å². The molecule has 5 rings (SSSR count). The maximum absolute atomic E-state index is 14.5. The van der Waals surface area contributed by atoms with Gasteiger partial charge in [-0.05, 0) is 78.0 Å². The number of urea groups is 1. The second-order valence-electron chi connectivity index (χ2n) is 10.5. The Labute approximate surface area is 260 Å². The first-order valence-corrected chi connectivity index (χ1v) is 14.7. The third-order valence-electron chi connectivity index (χ3n) is 6.79. The van der Waals surface area contributed by atoms with Crippen LogP contribution in [-0.2, 0) is 11.2 Å². The molecule has 3 amide bonds. The molecule has 0 radical (unpaired) electrons. The molecule has 1 aliphatic rings. The molecule has 1 fully saturated rings. The van der Waals surface area contributed by atoms with Gasteiger partial charge in [-0.1, -0.05) is 50.2 Å². The number of thioether (sulfide) groups is 1. The Morgan fingerprint density at radius 1 is 1.09 bits per heavy atom. The minimum Gasteiger partial charge on any atom is -0.406 e. The Morgan fingerprint density at radius 3 is 2.47 bits per heavy atom. The van der Waals surface area contributed by atoms with Crippen molar-refractivity contribution in [3.8, 4) is 22.8 Å². The van der Waals surface area contributed by atoms with Gasteiger partial charge < -0.3 is 10.1 Å². The molecule has 1 aliphatic heterocycles. The Balaban J connectivity index is 1.19. The van der Waals surface area contributed by atoms with E-state index in [4.69, 9.17) is 0 Å². The SMILES string of the molecule is Cc1ccc(C(C)C)c(N2C(=O)C(F)SC2=NC(=O)NCCc2ccc(-c3ncn(-c4ccc(OC(F)(F)F)cc4)n3)cc2)c1. The smallest absolute Gasteiger partial charge is 0.406 e. The van der Waals surface area contributed by atoms with Gasteiger partial charge in [-0.15, -0.1) is 18.3 Å². The molecule has 0 spiro atoms. The average Bonchev–Trinajstić information content (AvgIpc) is 3.57. The highest BCUT2D eigenvalue weighted by molar-refractivity contribution is 8.16. The molecule has 1 aromatic heterocycles. The van der Waals surface area contributed by atoms with Crippen LogP contribution in [0.3, 0.4) is 0 Å². The summed E-state index contributed by atoms with van der Waals surface area (Å²) in [6.07, 6.45) is -2.85. The quantitative estimate of drug-likeness (QED) is 0.209. The number of anilines is 1. The third-order valence-corrected chi connectivity index (χ3v) is 7.68. The molecule has 1 N–H and O–H groups in total. The molecule has 14 heteroatoms. The summed E-state index contributed by atoms with van der Waals surface area (Å²) in [7, 11) is 0. The van der Waals surface area contributed by atoms with Crippen LogP contribution in [0.1, 0.15) is 36.5 Å². The number of nitrogens with one attached hydrogen (secondary N) is 1. The Bertz CT molecular complexity index is 1720. The van der Waals surface area contributed by atoms with Crippen LogP contribution in [0, 0.1) is 6.92 Å². The van der Waals surface area contributed by atoms with Gasteiger partial charge in [-0.25, -0.2) is 18.9 Å². The summed E-state index contributed by atoms with van der Waals surface area (Å²) in [5, 5.41) is 7.07. The van der Waals surface area contributed by atoms with Crippen LogP contribution in [0.2, 0.25) is 0 Å². The third kappa shape index (κ3) is 7.69. The van der Waals surface area contributed by atoms with Gasteiger partial charge in [0.1, 0.15) is 12.1 Å². The predicted octanol–water partition coefficient (Wildman–Crippen LogP) is 6.95. The van der Waals surface area contributed by atoms with Gasteiger partial charge in [-0.3, -0.25) is 9.69 Å². The number of nitrogens with zero attached hydrogens (tertiary/aromatic N) is 5. The summed E-state index contributed by atoms with van der Waals surface area (Å²) >= 11 is 0.602. The zero-order chi connectivity index (χ0) is 32.3. The maximum Gasteiger partial charge on any atom is 0.573 e. The van der Waals surface area contributed by atoms with Crippen LogP contribution in [0.25, 0.3) is 17.1 Å². The number of rotatable bonds is 8. The number of carbonyl (C=O) groups is 2. The molecule has 1 atom stereocenters. The van der Waals surface area contributed by atoms with Gasteiger partial charge in [0, 0.05) is 12.1 Å². The molecule has 234 valence electrons. The van der Waals surface area contributed by atoms with E-state index in [-0.39, 0.29) is 23.4 Å². The van der Waals surface area contributed by atoms with E-state index < -0.39 is 23.8 Å². The molecular weight excluding hydrogens is 612 g/mol. The number of aromatic nitrogens is 3. The van der Waals surface area contributed by atoms with Crippen molar-refractivity contribution < 1.29 is 31.9 Å². The number of halogens is 4. The fourth-order valence-electron chi connectivity index (χ4n) is 4.61. The van der Waals surface area contributed by atoms with Crippen LogP contribution < -0.4 is 15.0 Å². The maximum atomic E-state index is 14.5. The largest absolute Gasteiger partial charge is 0.573 e. The van der Waals surface area contributed by atoms with E-state index in [9.17, 15) is 27.2 Å². The van der Waals surface area contributed by atoms with E-state index in [1.54, 1.807) is 6.07 Å². The van der Waals surface area contributed by atoms with Crippen LogP contribution in [0.5, 0.6) is 5.75 Å². The Hall–Kier alpha value is -4.72. The number of amides is 3. The topological polar surface area (TPSA) is 102 Å². The van der Waals surface area contributed by atoms with Crippen molar-refractivity contribution in [1.82, 2.24) is 20.1 Å². The fraction of sp³-hybridized carbons (Fsp3) is 0.258. The van der Waals surface area contributed by atoms with Gasteiger partial charge >= 0.3 is 12.4 Å². The predicted molar refractivity (Wildman–Crippen MR) is 163 cm³/mol. The van der Waals surface area contributed by atoms with Crippen molar-refractivity contribution in [1.29, 1.82) is 0 Å². The molecule has 3 aromatic carbocycles. The first kappa shape index (κ1) is 31.7. The molecular formula is C31H28F4N6O3S. The summed E-state index contributed by atoms with van der Waals surface area (Å²) in [6.45, 7) is 6.05. The molecule has 1 saturated heterocycles. The van der Waals surface area contributed by atoms with Gasteiger partial charge in [0.25, 0.3) is 5.91 Å².